The third-order valence-corrected chi connectivity index (χ3v) is 9.42. The highest BCUT2D eigenvalue weighted by Gasteiger charge is 2.46. The molecule has 2 bridgehead atoms. The van der Waals surface area contributed by atoms with Gasteiger partial charge < -0.3 is 19.3 Å². The molecule has 40 heavy (non-hydrogen) atoms. The number of hydrogen-bond acceptors (Lipinski definition) is 5. The molecule has 0 spiro atoms. The summed E-state index contributed by atoms with van der Waals surface area (Å²) < 4.78 is 12.3. The molecule has 2 amide bonds. The van der Waals surface area contributed by atoms with Crippen molar-refractivity contribution >= 4 is 40.9 Å². The lowest BCUT2D eigenvalue weighted by Gasteiger charge is -2.40. The zero-order valence-electron chi connectivity index (χ0n) is 21.8. The van der Waals surface area contributed by atoms with Gasteiger partial charge >= 0.3 is 12.0 Å². The van der Waals surface area contributed by atoms with Gasteiger partial charge in [-0.25, -0.2) is 9.59 Å². The van der Waals surface area contributed by atoms with Crippen molar-refractivity contribution in [3.8, 4) is 11.3 Å². The lowest BCUT2D eigenvalue weighted by Crippen LogP contribution is -2.53. The maximum absolute atomic E-state index is 13.7. The van der Waals surface area contributed by atoms with E-state index < -0.39 is 5.97 Å². The van der Waals surface area contributed by atoms with Gasteiger partial charge in [-0.15, -0.1) is 0 Å². The molecule has 3 aliphatic heterocycles. The quantitative estimate of drug-likeness (QED) is 0.339. The topological polar surface area (TPSA) is 96.1 Å². The number of urea groups is 1. The van der Waals surface area contributed by atoms with E-state index in [1.807, 2.05) is 15.9 Å². The fourth-order valence-corrected chi connectivity index (χ4v) is 7.27. The Morgan fingerprint density at radius 2 is 1.77 bits per heavy atom. The van der Waals surface area contributed by atoms with Crippen molar-refractivity contribution < 1.29 is 24.0 Å². The number of amides is 2. The van der Waals surface area contributed by atoms with Crippen LogP contribution < -0.4 is 4.90 Å². The summed E-state index contributed by atoms with van der Waals surface area (Å²) in [5.41, 5.74) is 4.21. The van der Waals surface area contributed by atoms with Gasteiger partial charge in [0, 0.05) is 41.4 Å². The fraction of sp³-hybridized carbons (Fsp3) is 0.433. The molecule has 1 aliphatic carbocycles. The van der Waals surface area contributed by atoms with Gasteiger partial charge in [0.25, 0.3) is 0 Å². The summed E-state index contributed by atoms with van der Waals surface area (Å²) in [7, 11) is 0. The SMILES string of the molecule is O=C(O)c1ccc2c(c1)CCN2C(=O)N1[C@@H]2CC[C@H]1CC(OCc1c(-c3c(Cl)cccc3Cl)noc1C1CC1)C2. The molecule has 1 saturated carbocycles. The number of carboxylic acids is 1. The van der Waals surface area contributed by atoms with Crippen molar-refractivity contribution in [2.24, 2.45) is 0 Å². The van der Waals surface area contributed by atoms with Crippen molar-refractivity contribution in [2.75, 3.05) is 11.4 Å². The minimum atomic E-state index is -0.953. The lowest BCUT2D eigenvalue weighted by molar-refractivity contribution is -0.0164. The lowest BCUT2D eigenvalue weighted by atomic mass is 9.99. The van der Waals surface area contributed by atoms with Crippen LogP contribution in [0.3, 0.4) is 0 Å². The predicted molar refractivity (Wildman–Crippen MR) is 150 cm³/mol. The van der Waals surface area contributed by atoms with Gasteiger partial charge in [-0.2, -0.15) is 0 Å². The van der Waals surface area contributed by atoms with E-state index in [1.165, 1.54) is 0 Å². The maximum atomic E-state index is 13.7. The van der Waals surface area contributed by atoms with E-state index in [0.29, 0.717) is 46.8 Å². The number of carbonyl (C=O) groups excluding carboxylic acids is 1. The number of ether oxygens (including phenoxy) is 1. The third kappa shape index (κ3) is 4.46. The number of nitrogens with zero attached hydrogens (tertiary/aromatic N) is 3. The number of carbonyl (C=O) groups is 2. The van der Waals surface area contributed by atoms with Gasteiger partial charge in [0.15, 0.2) is 0 Å². The first-order chi connectivity index (χ1) is 19.4. The number of carboxylic acid groups (broad SMARTS) is 1. The molecule has 208 valence electrons. The summed E-state index contributed by atoms with van der Waals surface area (Å²) in [6.07, 6.45) is 6.27. The number of piperidine rings is 1. The first-order valence-corrected chi connectivity index (χ1v) is 14.6. The number of aromatic carboxylic acids is 1. The predicted octanol–water partition coefficient (Wildman–Crippen LogP) is 6.92. The average molecular weight is 582 g/mol. The molecule has 10 heteroatoms. The molecule has 1 unspecified atom stereocenters. The van der Waals surface area contributed by atoms with Crippen LogP contribution in [0.2, 0.25) is 10.0 Å². The highest BCUT2D eigenvalue weighted by molar-refractivity contribution is 6.39. The monoisotopic (exact) mass is 581 g/mol. The number of benzene rings is 2. The van der Waals surface area contributed by atoms with Crippen LogP contribution in [0, 0.1) is 0 Å². The Kier molecular flexibility index (Phi) is 6.52. The molecule has 8 nitrogen and oxygen atoms in total. The number of fused-ring (bicyclic) bond motifs is 3. The molecule has 7 rings (SSSR count). The van der Waals surface area contributed by atoms with Crippen LogP contribution in [0.1, 0.15) is 71.7 Å². The van der Waals surface area contributed by atoms with E-state index >= 15 is 0 Å². The van der Waals surface area contributed by atoms with Crippen LogP contribution in [-0.4, -0.2) is 51.9 Å². The molecular formula is C30H29Cl2N3O5. The first-order valence-electron chi connectivity index (χ1n) is 13.9. The van der Waals surface area contributed by atoms with Gasteiger partial charge in [-0.3, -0.25) is 4.90 Å². The largest absolute Gasteiger partial charge is 0.478 e. The first kappa shape index (κ1) is 25.9. The minimum Gasteiger partial charge on any atom is -0.478 e. The van der Waals surface area contributed by atoms with Gasteiger partial charge in [-0.05, 0) is 80.8 Å². The van der Waals surface area contributed by atoms with E-state index in [-0.39, 0.29) is 29.8 Å². The van der Waals surface area contributed by atoms with Crippen LogP contribution >= 0.6 is 23.2 Å². The number of anilines is 1. The summed E-state index contributed by atoms with van der Waals surface area (Å²) >= 11 is 13.0. The fourth-order valence-electron chi connectivity index (χ4n) is 6.70. The van der Waals surface area contributed by atoms with Gasteiger partial charge in [0.2, 0.25) is 0 Å². The summed E-state index contributed by atoms with van der Waals surface area (Å²) in [4.78, 5) is 29.0. The van der Waals surface area contributed by atoms with Crippen molar-refractivity contribution in [3.05, 3.63) is 68.9 Å². The van der Waals surface area contributed by atoms with Crippen LogP contribution in [-0.2, 0) is 17.8 Å². The molecule has 3 fully saturated rings. The molecule has 3 atom stereocenters. The number of aromatic nitrogens is 1. The molecular weight excluding hydrogens is 553 g/mol. The number of halogens is 2. The van der Waals surface area contributed by atoms with E-state index in [2.05, 4.69) is 5.16 Å². The molecule has 0 radical (unpaired) electrons. The van der Waals surface area contributed by atoms with Gasteiger partial charge in [-0.1, -0.05) is 34.4 Å². The van der Waals surface area contributed by atoms with E-state index in [9.17, 15) is 14.7 Å². The molecule has 4 heterocycles. The maximum Gasteiger partial charge on any atom is 0.335 e. The number of rotatable bonds is 6. The minimum absolute atomic E-state index is 0.0125. The van der Waals surface area contributed by atoms with E-state index in [4.69, 9.17) is 32.5 Å². The van der Waals surface area contributed by atoms with Crippen molar-refractivity contribution in [1.29, 1.82) is 0 Å². The molecule has 1 N–H and O–H groups in total. The van der Waals surface area contributed by atoms with Gasteiger partial charge in [0.1, 0.15) is 11.5 Å². The Balaban J connectivity index is 1.06. The van der Waals surface area contributed by atoms with Crippen molar-refractivity contribution in [1.82, 2.24) is 10.1 Å². The zero-order valence-corrected chi connectivity index (χ0v) is 23.3. The molecule has 3 aromatic rings. The molecule has 2 saturated heterocycles. The summed E-state index contributed by atoms with van der Waals surface area (Å²) in [5.74, 6) is 0.261. The van der Waals surface area contributed by atoms with Gasteiger partial charge in [0.05, 0.1) is 28.3 Å². The second-order valence-corrected chi connectivity index (χ2v) is 12.1. The Bertz CT molecular complexity index is 1470. The summed E-state index contributed by atoms with van der Waals surface area (Å²) in [5, 5.41) is 14.7. The summed E-state index contributed by atoms with van der Waals surface area (Å²) in [6.45, 7) is 0.924. The Morgan fingerprint density at radius 3 is 2.45 bits per heavy atom. The van der Waals surface area contributed by atoms with Crippen molar-refractivity contribution in [3.63, 3.8) is 0 Å². The Hall–Kier alpha value is -3.07. The van der Waals surface area contributed by atoms with Crippen LogP contribution in [0.4, 0.5) is 10.5 Å². The standard InChI is InChI=1S/C30H29Cl2N3O5/c31-23-2-1-3-24(32)26(23)27-22(28(40-33-27)16-4-5-16)15-39-21-13-19-7-8-20(14-21)35(19)30(38)34-11-10-17-12-18(29(36)37)6-9-25(17)34/h1-3,6,9,12,16,19-21H,4-5,7-8,10-11,13-15H2,(H,36,37)/t19-,20+,21?. The number of hydrogen-bond donors (Lipinski definition) is 1. The molecule has 1 aromatic heterocycles. The Morgan fingerprint density at radius 1 is 1.05 bits per heavy atom. The van der Waals surface area contributed by atoms with Crippen LogP contribution in [0.15, 0.2) is 40.9 Å². The second kappa shape index (κ2) is 10.1. The highest BCUT2D eigenvalue weighted by atomic mass is 35.5. The third-order valence-electron chi connectivity index (χ3n) is 8.79. The molecule has 2 aromatic carbocycles. The second-order valence-electron chi connectivity index (χ2n) is 11.3. The summed E-state index contributed by atoms with van der Waals surface area (Å²) in [6, 6.07) is 10.7. The van der Waals surface area contributed by atoms with E-state index in [0.717, 1.165) is 61.1 Å². The van der Waals surface area contributed by atoms with Crippen molar-refractivity contribution in [2.45, 2.75) is 75.7 Å². The van der Waals surface area contributed by atoms with Crippen LogP contribution in [0.25, 0.3) is 11.3 Å². The van der Waals surface area contributed by atoms with E-state index in [1.54, 1.807) is 30.3 Å². The average Bonchev–Trinajstić information content (AvgIpc) is 3.46. The zero-order chi connectivity index (χ0) is 27.5. The molecule has 4 aliphatic rings. The Labute approximate surface area is 241 Å². The normalized spacial score (nSPS) is 23.5. The van der Waals surface area contributed by atoms with Crippen LogP contribution in [0.5, 0.6) is 0 Å². The smallest absolute Gasteiger partial charge is 0.335 e. The highest BCUT2D eigenvalue weighted by Crippen LogP contribution is 2.47.